The molecule has 2 aromatic carbocycles. The molecule has 1 aliphatic rings. The van der Waals surface area contributed by atoms with Crippen molar-refractivity contribution in [3.8, 4) is 0 Å². The molecule has 3 rings (SSSR count). The van der Waals surface area contributed by atoms with Crippen LogP contribution in [0.5, 0.6) is 0 Å². The lowest BCUT2D eigenvalue weighted by atomic mass is 9.96. The second kappa shape index (κ2) is 12.6. The van der Waals surface area contributed by atoms with Crippen molar-refractivity contribution in [2.45, 2.75) is 51.2 Å². The zero-order valence-electron chi connectivity index (χ0n) is 21.7. The van der Waals surface area contributed by atoms with E-state index in [1.165, 1.54) is 35.6 Å². The maximum atomic E-state index is 12.5. The van der Waals surface area contributed by atoms with Gasteiger partial charge >= 0.3 is 5.97 Å². The Labute approximate surface area is 213 Å². The molecule has 2 aromatic rings. The topological polar surface area (TPSA) is 99.8 Å². The number of hydrogen-bond donors (Lipinski definition) is 3. The molecule has 3 N–H and O–H groups in total. The molecule has 0 saturated carbocycles. The van der Waals surface area contributed by atoms with Gasteiger partial charge in [-0.25, -0.2) is 4.79 Å². The van der Waals surface area contributed by atoms with Crippen molar-refractivity contribution in [3.05, 3.63) is 60.2 Å². The van der Waals surface area contributed by atoms with E-state index >= 15 is 0 Å². The summed E-state index contributed by atoms with van der Waals surface area (Å²) in [5, 5.41) is 11.4. The minimum absolute atomic E-state index is 0.155. The van der Waals surface area contributed by atoms with Crippen LogP contribution in [0, 0.1) is 0 Å². The normalized spacial score (nSPS) is 16.1. The van der Waals surface area contributed by atoms with Gasteiger partial charge in [-0.2, -0.15) is 0 Å². The molecule has 1 unspecified atom stereocenters. The summed E-state index contributed by atoms with van der Waals surface area (Å²) in [4.78, 5) is 38.5. The lowest BCUT2D eigenvalue weighted by molar-refractivity contribution is -0.135. The maximum Gasteiger partial charge on any atom is 0.330 e. The Kier molecular flexibility index (Phi) is 9.61. The highest BCUT2D eigenvalue weighted by Gasteiger charge is 2.29. The molecule has 1 heterocycles. The predicted molar refractivity (Wildman–Crippen MR) is 141 cm³/mol. The lowest BCUT2D eigenvalue weighted by Crippen LogP contribution is -2.57. The Morgan fingerprint density at radius 2 is 1.81 bits per heavy atom. The van der Waals surface area contributed by atoms with Gasteiger partial charge in [-0.1, -0.05) is 48.5 Å². The van der Waals surface area contributed by atoms with Gasteiger partial charge in [0, 0.05) is 37.8 Å². The van der Waals surface area contributed by atoms with Gasteiger partial charge < -0.3 is 20.7 Å². The molecule has 2 amide bonds. The molecule has 0 spiro atoms. The van der Waals surface area contributed by atoms with Gasteiger partial charge in [-0.3, -0.25) is 14.5 Å². The highest BCUT2D eigenvalue weighted by atomic mass is 16.5. The van der Waals surface area contributed by atoms with E-state index in [1.54, 1.807) is 13.8 Å². The summed E-state index contributed by atoms with van der Waals surface area (Å²) in [6, 6.07) is 15.6. The zero-order valence-corrected chi connectivity index (χ0v) is 21.7. The van der Waals surface area contributed by atoms with Gasteiger partial charge in [0.2, 0.25) is 11.8 Å². The molecule has 1 saturated heterocycles. The number of benzene rings is 2. The third-order valence-electron chi connectivity index (χ3n) is 6.76. The van der Waals surface area contributed by atoms with E-state index in [1.807, 2.05) is 0 Å². The SMILES string of the molecule is COC(=O)/C=C/CNC(=O)C(C)(C)NC(=O)CNC1CCN(C(C)c2cccc3ccccc23)CC1. The number of nitrogens with zero attached hydrogens (tertiary/aromatic N) is 1. The third-order valence-corrected chi connectivity index (χ3v) is 6.76. The zero-order chi connectivity index (χ0) is 26.1. The highest BCUT2D eigenvalue weighted by Crippen LogP contribution is 2.30. The van der Waals surface area contributed by atoms with Gasteiger partial charge in [0.15, 0.2) is 0 Å². The second-order valence-corrected chi connectivity index (χ2v) is 9.74. The second-order valence-electron chi connectivity index (χ2n) is 9.74. The molecule has 0 radical (unpaired) electrons. The summed E-state index contributed by atoms with van der Waals surface area (Å²) in [6.07, 6.45) is 4.65. The Balaban J connectivity index is 1.42. The van der Waals surface area contributed by atoms with Crippen molar-refractivity contribution in [1.29, 1.82) is 0 Å². The van der Waals surface area contributed by atoms with E-state index in [4.69, 9.17) is 0 Å². The minimum atomic E-state index is -1.07. The monoisotopic (exact) mass is 494 g/mol. The smallest absolute Gasteiger partial charge is 0.330 e. The van der Waals surface area contributed by atoms with Crippen LogP contribution in [0.4, 0.5) is 0 Å². The fourth-order valence-corrected chi connectivity index (χ4v) is 4.58. The van der Waals surface area contributed by atoms with Crippen molar-refractivity contribution in [1.82, 2.24) is 20.9 Å². The van der Waals surface area contributed by atoms with E-state index < -0.39 is 11.5 Å². The van der Waals surface area contributed by atoms with Gasteiger partial charge in [0.1, 0.15) is 5.54 Å². The van der Waals surface area contributed by atoms with Crippen LogP contribution in [0.3, 0.4) is 0 Å². The van der Waals surface area contributed by atoms with Gasteiger partial charge in [0.05, 0.1) is 13.7 Å². The van der Waals surface area contributed by atoms with Crippen LogP contribution in [-0.4, -0.2) is 67.6 Å². The van der Waals surface area contributed by atoms with Crippen LogP contribution in [0.2, 0.25) is 0 Å². The lowest BCUT2D eigenvalue weighted by Gasteiger charge is -2.37. The Morgan fingerprint density at radius 3 is 2.53 bits per heavy atom. The number of carbonyl (C=O) groups is 3. The summed E-state index contributed by atoms with van der Waals surface area (Å²) in [7, 11) is 1.29. The molecule has 1 fully saturated rings. The molecule has 0 aliphatic carbocycles. The molecule has 0 aromatic heterocycles. The third kappa shape index (κ3) is 7.38. The van der Waals surface area contributed by atoms with E-state index in [-0.39, 0.29) is 30.9 Å². The Morgan fingerprint density at radius 1 is 1.11 bits per heavy atom. The average Bonchev–Trinajstić information content (AvgIpc) is 2.88. The number of hydrogen-bond acceptors (Lipinski definition) is 6. The number of fused-ring (bicyclic) bond motifs is 1. The van der Waals surface area contributed by atoms with Crippen molar-refractivity contribution >= 4 is 28.6 Å². The van der Waals surface area contributed by atoms with Gasteiger partial charge in [0.25, 0.3) is 0 Å². The number of piperidine rings is 1. The van der Waals surface area contributed by atoms with E-state index in [0.717, 1.165) is 25.9 Å². The number of amides is 2. The van der Waals surface area contributed by atoms with E-state index in [9.17, 15) is 14.4 Å². The number of esters is 1. The first-order valence-corrected chi connectivity index (χ1v) is 12.5. The number of methoxy groups -OCH3 is 1. The number of nitrogens with one attached hydrogen (secondary N) is 3. The van der Waals surface area contributed by atoms with Crippen LogP contribution in [0.15, 0.2) is 54.6 Å². The van der Waals surface area contributed by atoms with Crippen molar-refractivity contribution < 1.29 is 19.1 Å². The maximum absolute atomic E-state index is 12.5. The summed E-state index contributed by atoms with van der Waals surface area (Å²) in [6.45, 7) is 7.80. The van der Waals surface area contributed by atoms with Crippen LogP contribution in [0.1, 0.15) is 45.2 Å². The summed E-state index contributed by atoms with van der Waals surface area (Å²) < 4.78 is 4.50. The highest BCUT2D eigenvalue weighted by molar-refractivity contribution is 5.91. The molecular weight excluding hydrogens is 456 g/mol. The molecule has 8 heteroatoms. The van der Waals surface area contributed by atoms with Crippen LogP contribution < -0.4 is 16.0 Å². The molecule has 8 nitrogen and oxygen atoms in total. The first-order valence-electron chi connectivity index (χ1n) is 12.5. The number of rotatable bonds is 10. The largest absolute Gasteiger partial charge is 0.466 e. The number of ether oxygens (including phenoxy) is 1. The van der Waals surface area contributed by atoms with Crippen molar-refractivity contribution in [2.24, 2.45) is 0 Å². The van der Waals surface area contributed by atoms with Gasteiger partial charge in [-0.05, 0) is 49.9 Å². The van der Waals surface area contributed by atoms with Crippen LogP contribution in [-0.2, 0) is 19.1 Å². The Bertz CT molecular complexity index is 1080. The minimum Gasteiger partial charge on any atom is -0.466 e. The van der Waals surface area contributed by atoms with Crippen molar-refractivity contribution in [3.63, 3.8) is 0 Å². The molecule has 0 bridgehead atoms. The number of carbonyl (C=O) groups excluding carboxylic acids is 3. The summed E-state index contributed by atoms with van der Waals surface area (Å²) >= 11 is 0. The van der Waals surface area contributed by atoms with E-state index in [2.05, 4.69) is 75.0 Å². The first kappa shape index (κ1) is 27.4. The van der Waals surface area contributed by atoms with Crippen molar-refractivity contribution in [2.75, 3.05) is 33.3 Å². The number of likely N-dealkylation sites (tertiary alicyclic amines) is 1. The molecule has 194 valence electrons. The quantitative estimate of drug-likeness (QED) is 0.347. The summed E-state index contributed by atoms with van der Waals surface area (Å²) in [5.74, 6) is -1.05. The fraction of sp³-hybridized carbons (Fsp3) is 0.464. The average molecular weight is 495 g/mol. The standard InChI is InChI=1S/C28H38N4O4/c1-20(23-12-7-10-21-9-5-6-11-24(21)23)32-17-14-22(15-18-32)30-19-25(33)31-28(2,3)27(35)29-16-8-13-26(34)36-4/h5-13,20,22,30H,14-19H2,1-4H3,(H,29,35)(H,31,33)/b13-8+. The first-order chi connectivity index (χ1) is 17.2. The summed E-state index contributed by atoms with van der Waals surface area (Å²) in [5.41, 5.74) is 0.273. The molecule has 36 heavy (non-hydrogen) atoms. The van der Waals surface area contributed by atoms with Crippen LogP contribution in [0.25, 0.3) is 10.8 Å². The molecular formula is C28H38N4O4. The molecule has 1 aliphatic heterocycles. The van der Waals surface area contributed by atoms with Crippen LogP contribution >= 0.6 is 0 Å². The predicted octanol–water partition coefficient (Wildman–Crippen LogP) is 2.70. The fourth-order valence-electron chi connectivity index (χ4n) is 4.58. The van der Waals surface area contributed by atoms with E-state index in [0.29, 0.717) is 6.04 Å². The molecule has 1 atom stereocenters. The Hall–Kier alpha value is -3.23. The van der Waals surface area contributed by atoms with Gasteiger partial charge in [-0.15, -0.1) is 0 Å².